The maximum Gasteiger partial charge on any atom is 0.277 e. The molecule has 2 rings (SSSR count). The Morgan fingerprint density at radius 2 is 1.96 bits per heavy atom. The second kappa shape index (κ2) is 7.92. The summed E-state index contributed by atoms with van der Waals surface area (Å²) in [4.78, 5) is 16.3. The Bertz CT molecular complexity index is 644. The van der Waals surface area contributed by atoms with Gasteiger partial charge in [0.2, 0.25) is 0 Å². The summed E-state index contributed by atoms with van der Waals surface area (Å²) in [6, 6.07) is 5.06. The molecule has 1 amide bonds. The van der Waals surface area contributed by atoms with E-state index in [0.29, 0.717) is 28.8 Å². The fraction of sp³-hybridized carbons (Fsp3) is 0.357. The summed E-state index contributed by atoms with van der Waals surface area (Å²) >= 11 is 17.0. The highest BCUT2D eigenvalue weighted by atomic mass is 35.5. The molecule has 0 aliphatic carbocycles. The Morgan fingerprint density at radius 1 is 1.30 bits per heavy atom. The molecule has 1 aliphatic heterocycles. The zero-order valence-electron chi connectivity index (χ0n) is 12.6. The minimum absolute atomic E-state index is 0.000551. The summed E-state index contributed by atoms with van der Waals surface area (Å²) in [7, 11) is 2.01. The summed E-state index contributed by atoms with van der Waals surface area (Å²) in [5, 5.41) is 4.74. The molecule has 1 fully saturated rings. The molecule has 0 spiro atoms. The second-order valence-electron chi connectivity index (χ2n) is 5.13. The lowest BCUT2D eigenvalue weighted by molar-refractivity contribution is -0.125. The first kappa shape index (κ1) is 17.9. The third-order valence-electron chi connectivity index (χ3n) is 3.47. The summed E-state index contributed by atoms with van der Waals surface area (Å²) in [6.45, 7) is 2.80. The van der Waals surface area contributed by atoms with Crippen molar-refractivity contribution in [2.75, 3.05) is 38.7 Å². The smallest absolute Gasteiger partial charge is 0.277 e. The van der Waals surface area contributed by atoms with Gasteiger partial charge in [0.15, 0.2) is 5.71 Å². The number of hydrazone groups is 1. The number of carbonyl (C=O) groups excluding carboxylic acids is 1. The van der Waals surface area contributed by atoms with E-state index in [4.69, 9.17) is 41.2 Å². The number of rotatable bonds is 4. The van der Waals surface area contributed by atoms with E-state index in [1.54, 1.807) is 23.1 Å². The SMILES string of the molecule is CN1CCN(C(=O)/C(=N\Nc2cccc(Cl)c2Cl)C(N)=S)CC1. The highest BCUT2D eigenvalue weighted by Gasteiger charge is 2.25. The van der Waals surface area contributed by atoms with Crippen molar-refractivity contribution < 1.29 is 4.79 Å². The quantitative estimate of drug-likeness (QED) is 0.478. The molecule has 1 heterocycles. The van der Waals surface area contributed by atoms with Crippen LogP contribution in [0.1, 0.15) is 0 Å². The highest BCUT2D eigenvalue weighted by Crippen LogP contribution is 2.29. The van der Waals surface area contributed by atoms with E-state index in [0.717, 1.165) is 13.1 Å². The van der Waals surface area contributed by atoms with Crippen LogP contribution in [0.3, 0.4) is 0 Å². The van der Waals surface area contributed by atoms with E-state index in [2.05, 4.69) is 15.4 Å². The Kier molecular flexibility index (Phi) is 6.17. The highest BCUT2D eigenvalue weighted by molar-refractivity contribution is 7.82. The lowest BCUT2D eigenvalue weighted by atomic mass is 10.2. The van der Waals surface area contributed by atoms with Gasteiger partial charge in [0, 0.05) is 26.2 Å². The molecule has 124 valence electrons. The Balaban J connectivity index is 2.16. The van der Waals surface area contributed by atoms with E-state index < -0.39 is 0 Å². The predicted octanol–water partition coefficient (Wildman–Crippen LogP) is 1.82. The molecular weight excluding hydrogens is 357 g/mol. The fourth-order valence-electron chi connectivity index (χ4n) is 2.07. The van der Waals surface area contributed by atoms with Crippen LogP contribution in [0.25, 0.3) is 0 Å². The van der Waals surface area contributed by atoms with Crippen LogP contribution in [0, 0.1) is 0 Å². The van der Waals surface area contributed by atoms with Crippen LogP contribution < -0.4 is 11.2 Å². The number of thiocarbonyl (C=S) groups is 1. The number of halogens is 2. The van der Waals surface area contributed by atoms with Gasteiger partial charge >= 0.3 is 0 Å². The van der Waals surface area contributed by atoms with Crippen molar-refractivity contribution in [1.29, 1.82) is 0 Å². The molecule has 23 heavy (non-hydrogen) atoms. The minimum Gasteiger partial charge on any atom is -0.388 e. The van der Waals surface area contributed by atoms with Crippen molar-refractivity contribution in [3.8, 4) is 0 Å². The molecule has 0 radical (unpaired) electrons. The second-order valence-corrected chi connectivity index (χ2v) is 6.36. The lowest BCUT2D eigenvalue weighted by Gasteiger charge is -2.32. The predicted molar refractivity (Wildman–Crippen MR) is 98.4 cm³/mol. The van der Waals surface area contributed by atoms with Gasteiger partial charge in [-0.25, -0.2) is 0 Å². The van der Waals surface area contributed by atoms with Crippen LogP contribution in [0.4, 0.5) is 5.69 Å². The van der Waals surface area contributed by atoms with Gasteiger partial charge in [0.25, 0.3) is 5.91 Å². The number of anilines is 1. The number of hydrogen-bond donors (Lipinski definition) is 2. The maximum atomic E-state index is 12.5. The van der Waals surface area contributed by atoms with Gasteiger partial charge in [0.1, 0.15) is 4.99 Å². The molecule has 0 saturated carbocycles. The standard InChI is InChI=1S/C14H17Cl2N5OS/c1-20-5-7-21(8-6-20)14(22)12(13(17)23)19-18-10-4-2-3-9(15)11(10)16/h2-4,18H,5-8H2,1H3,(H2,17,23)/b19-12-. The number of benzene rings is 1. The monoisotopic (exact) mass is 373 g/mol. The van der Waals surface area contributed by atoms with Crippen molar-refractivity contribution in [2.45, 2.75) is 0 Å². The zero-order chi connectivity index (χ0) is 17.0. The Hall–Kier alpha value is -1.41. The van der Waals surface area contributed by atoms with Gasteiger partial charge < -0.3 is 15.5 Å². The normalized spacial score (nSPS) is 16.3. The third-order valence-corrected chi connectivity index (χ3v) is 4.48. The molecule has 0 unspecified atom stereocenters. The molecule has 9 heteroatoms. The Labute approximate surface area is 150 Å². The van der Waals surface area contributed by atoms with Gasteiger partial charge in [-0.1, -0.05) is 41.5 Å². The number of nitrogens with zero attached hydrogens (tertiary/aromatic N) is 3. The fourth-order valence-corrected chi connectivity index (χ4v) is 2.55. The van der Waals surface area contributed by atoms with Crippen LogP contribution >= 0.6 is 35.4 Å². The van der Waals surface area contributed by atoms with E-state index >= 15 is 0 Å². The van der Waals surface area contributed by atoms with E-state index in [1.165, 1.54) is 0 Å². The van der Waals surface area contributed by atoms with Gasteiger partial charge in [-0.3, -0.25) is 10.2 Å². The molecule has 0 aromatic heterocycles. The summed E-state index contributed by atoms with van der Waals surface area (Å²) < 4.78 is 0. The zero-order valence-corrected chi connectivity index (χ0v) is 14.9. The number of hydrogen-bond acceptors (Lipinski definition) is 5. The van der Waals surface area contributed by atoms with E-state index in [9.17, 15) is 4.79 Å². The van der Waals surface area contributed by atoms with Crippen LogP contribution in [-0.4, -0.2) is 59.6 Å². The average Bonchev–Trinajstić information content (AvgIpc) is 2.51. The number of nitrogens with two attached hydrogens (primary N) is 1. The van der Waals surface area contributed by atoms with Crippen molar-refractivity contribution in [3.05, 3.63) is 28.2 Å². The molecule has 1 saturated heterocycles. The average molecular weight is 374 g/mol. The molecular formula is C14H17Cl2N5OS. The topological polar surface area (TPSA) is 74.0 Å². The number of piperazine rings is 1. The number of likely N-dealkylation sites (N-methyl/N-ethyl adjacent to an activating group) is 1. The largest absolute Gasteiger partial charge is 0.388 e. The molecule has 0 atom stereocenters. The minimum atomic E-state index is -0.295. The van der Waals surface area contributed by atoms with Crippen molar-refractivity contribution in [3.63, 3.8) is 0 Å². The van der Waals surface area contributed by atoms with E-state index in [-0.39, 0.29) is 16.6 Å². The Morgan fingerprint density at radius 3 is 2.57 bits per heavy atom. The maximum absolute atomic E-state index is 12.5. The molecule has 6 nitrogen and oxygen atoms in total. The molecule has 0 bridgehead atoms. The summed E-state index contributed by atoms with van der Waals surface area (Å²) in [5.74, 6) is -0.295. The van der Waals surface area contributed by atoms with E-state index in [1.807, 2.05) is 7.05 Å². The van der Waals surface area contributed by atoms with Gasteiger partial charge in [-0.2, -0.15) is 5.10 Å². The van der Waals surface area contributed by atoms with Gasteiger partial charge in [-0.15, -0.1) is 0 Å². The van der Waals surface area contributed by atoms with Crippen LogP contribution in [0.5, 0.6) is 0 Å². The lowest BCUT2D eigenvalue weighted by Crippen LogP contribution is -2.51. The third kappa shape index (κ3) is 4.54. The molecule has 1 aliphatic rings. The molecule has 3 N–H and O–H groups in total. The molecule has 1 aromatic rings. The number of carbonyl (C=O) groups is 1. The van der Waals surface area contributed by atoms with Crippen molar-refractivity contribution >= 4 is 57.7 Å². The van der Waals surface area contributed by atoms with Gasteiger partial charge in [0.05, 0.1) is 15.7 Å². The van der Waals surface area contributed by atoms with Crippen molar-refractivity contribution in [2.24, 2.45) is 10.8 Å². The van der Waals surface area contributed by atoms with Gasteiger partial charge in [-0.05, 0) is 19.2 Å². The first-order valence-corrected chi connectivity index (χ1v) is 8.12. The van der Waals surface area contributed by atoms with Crippen molar-refractivity contribution in [1.82, 2.24) is 9.80 Å². The first-order valence-electron chi connectivity index (χ1n) is 6.95. The molecule has 1 aromatic carbocycles. The van der Waals surface area contributed by atoms with Crippen LogP contribution in [0.2, 0.25) is 10.0 Å². The van der Waals surface area contributed by atoms with Crippen LogP contribution in [0.15, 0.2) is 23.3 Å². The first-order chi connectivity index (χ1) is 10.9. The number of nitrogens with one attached hydrogen (secondary N) is 1. The van der Waals surface area contributed by atoms with Crippen LogP contribution in [-0.2, 0) is 4.79 Å². The summed E-state index contributed by atoms with van der Waals surface area (Å²) in [5.41, 5.74) is 8.83. The number of amides is 1. The summed E-state index contributed by atoms with van der Waals surface area (Å²) in [6.07, 6.45) is 0.